The van der Waals surface area contributed by atoms with E-state index in [-0.39, 0.29) is 0 Å². The average molecular weight is 221 g/mol. The summed E-state index contributed by atoms with van der Waals surface area (Å²) in [5.41, 5.74) is 1.52. The molecule has 0 bridgehead atoms. The Morgan fingerprint density at radius 1 is 1.25 bits per heavy atom. The standard InChI is InChI=1S/C14H23NO/c1-11(15-10-14(2,3)4)12-8-6-7-9-13(12)16-5/h6-9,11,15H,10H2,1-5H3. The Labute approximate surface area is 99.0 Å². The largest absolute Gasteiger partial charge is 0.496 e. The zero-order valence-corrected chi connectivity index (χ0v) is 11.0. The molecule has 1 aromatic rings. The Bertz CT molecular complexity index is 328. The SMILES string of the molecule is COc1ccccc1C(C)NCC(C)(C)C. The van der Waals surface area contributed by atoms with E-state index >= 15 is 0 Å². The van der Waals surface area contributed by atoms with Crippen LogP contribution in [0.15, 0.2) is 24.3 Å². The molecule has 1 N–H and O–H groups in total. The van der Waals surface area contributed by atoms with Crippen LogP contribution in [0.2, 0.25) is 0 Å². The van der Waals surface area contributed by atoms with Crippen molar-refractivity contribution in [3.05, 3.63) is 29.8 Å². The van der Waals surface area contributed by atoms with Crippen molar-refractivity contribution in [3.63, 3.8) is 0 Å². The molecule has 0 amide bonds. The molecule has 0 aromatic heterocycles. The highest BCUT2D eigenvalue weighted by atomic mass is 16.5. The fourth-order valence-electron chi connectivity index (χ4n) is 1.59. The van der Waals surface area contributed by atoms with Gasteiger partial charge in [-0.2, -0.15) is 0 Å². The van der Waals surface area contributed by atoms with Gasteiger partial charge in [-0.05, 0) is 18.4 Å². The Kier molecular flexibility index (Phi) is 4.36. The monoisotopic (exact) mass is 221 g/mol. The molecule has 16 heavy (non-hydrogen) atoms. The Balaban J connectivity index is 2.69. The molecular weight excluding hydrogens is 198 g/mol. The van der Waals surface area contributed by atoms with Gasteiger partial charge in [0.25, 0.3) is 0 Å². The van der Waals surface area contributed by atoms with Crippen LogP contribution in [-0.4, -0.2) is 13.7 Å². The van der Waals surface area contributed by atoms with E-state index in [0.29, 0.717) is 11.5 Å². The summed E-state index contributed by atoms with van der Waals surface area (Å²) in [4.78, 5) is 0. The number of benzene rings is 1. The summed E-state index contributed by atoms with van der Waals surface area (Å²) in [5, 5.41) is 3.53. The number of nitrogens with one attached hydrogen (secondary N) is 1. The van der Waals surface area contributed by atoms with Crippen molar-refractivity contribution in [2.75, 3.05) is 13.7 Å². The maximum Gasteiger partial charge on any atom is 0.123 e. The van der Waals surface area contributed by atoms with E-state index in [1.807, 2.05) is 18.2 Å². The summed E-state index contributed by atoms with van der Waals surface area (Å²) in [6.45, 7) is 9.86. The molecule has 0 heterocycles. The minimum Gasteiger partial charge on any atom is -0.496 e. The molecule has 1 unspecified atom stereocenters. The van der Waals surface area contributed by atoms with E-state index in [9.17, 15) is 0 Å². The highest BCUT2D eigenvalue weighted by molar-refractivity contribution is 5.35. The first-order chi connectivity index (χ1) is 7.44. The summed E-state index contributed by atoms with van der Waals surface area (Å²) in [6, 6.07) is 8.48. The molecule has 2 nitrogen and oxygen atoms in total. The van der Waals surface area contributed by atoms with Crippen LogP contribution < -0.4 is 10.1 Å². The maximum absolute atomic E-state index is 5.36. The smallest absolute Gasteiger partial charge is 0.123 e. The van der Waals surface area contributed by atoms with Gasteiger partial charge in [0.1, 0.15) is 5.75 Å². The van der Waals surface area contributed by atoms with Crippen LogP contribution in [0.4, 0.5) is 0 Å². The van der Waals surface area contributed by atoms with Crippen molar-refractivity contribution in [1.82, 2.24) is 5.32 Å². The summed E-state index contributed by atoms with van der Waals surface area (Å²) < 4.78 is 5.36. The van der Waals surface area contributed by atoms with Gasteiger partial charge >= 0.3 is 0 Å². The summed E-state index contributed by atoms with van der Waals surface area (Å²) >= 11 is 0. The lowest BCUT2D eigenvalue weighted by atomic mass is 9.96. The van der Waals surface area contributed by atoms with E-state index in [1.54, 1.807) is 7.11 Å². The Morgan fingerprint density at radius 3 is 2.44 bits per heavy atom. The lowest BCUT2D eigenvalue weighted by molar-refractivity contribution is 0.351. The fraction of sp³-hybridized carbons (Fsp3) is 0.571. The average Bonchev–Trinajstić information content (AvgIpc) is 2.25. The van der Waals surface area contributed by atoms with Crippen molar-refractivity contribution in [2.45, 2.75) is 33.7 Å². The van der Waals surface area contributed by atoms with Crippen molar-refractivity contribution < 1.29 is 4.74 Å². The second kappa shape index (κ2) is 5.35. The molecule has 0 saturated heterocycles. The second-order valence-electron chi connectivity index (χ2n) is 5.41. The van der Waals surface area contributed by atoms with Gasteiger partial charge in [-0.15, -0.1) is 0 Å². The van der Waals surface area contributed by atoms with Gasteiger partial charge in [0.05, 0.1) is 7.11 Å². The number of hydrogen-bond donors (Lipinski definition) is 1. The van der Waals surface area contributed by atoms with Crippen LogP contribution in [0.5, 0.6) is 5.75 Å². The van der Waals surface area contributed by atoms with Crippen molar-refractivity contribution >= 4 is 0 Å². The minimum absolute atomic E-state index is 0.302. The van der Waals surface area contributed by atoms with Crippen LogP contribution in [-0.2, 0) is 0 Å². The summed E-state index contributed by atoms with van der Waals surface area (Å²) in [6.07, 6.45) is 0. The third-order valence-electron chi connectivity index (χ3n) is 2.54. The molecule has 90 valence electrons. The van der Waals surface area contributed by atoms with E-state index in [2.05, 4.69) is 39.1 Å². The zero-order valence-electron chi connectivity index (χ0n) is 11.0. The molecule has 0 aliphatic carbocycles. The molecule has 2 heteroatoms. The first-order valence-corrected chi connectivity index (χ1v) is 5.80. The van der Waals surface area contributed by atoms with E-state index in [1.165, 1.54) is 5.56 Å². The van der Waals surface area contributed by atoms with Crippen LogP contribution in [0.1, 0.15) is 39.3 Å². The summed E-state index contributed by atoms with van der Waals surface area (Å²) in [5.74, 6) is 0.955. The Morgan fingerprint density at radius 2 is 1.88 bits per heavy atom. The van der Waals surface area contributed by atoms with Crippen LogP contribution in [0, 0.1) is 5.41 Å². The van der Waals surface area contributed by atoms with Crippen LogP contribution in [0.25, 0.3) is 0 Å². The lowest BCUT2D eigenvalue weighted by Crippen LogP contribution is -2.29. The topological polar surface area (TPSA) is 21.3 Å². The molecule has 0 aliphatic rings. The number of hydrogen-bond acceptors (Lipinski definition) is 2. The number of rotatable bonds is 4. The minimum atomic E-state index is 0.302. The lowest BCUT2D eigenvalue weighted by Gasteiger charge is -2.23. The van der Waals surface area contributed by atoms with E-state index < -0.39 is 0 Å². The van der Waals surface area contributed by atoms with Gasteiger partial charge < -0.3 is 10.1 Å². The van der Waals surface area contributed by atoms with Gasteiger partial charge in [-0.3, -0.25) is 0 Å². The van der Waals surface area contributed by atoms with E-state index in [0.717, 1.165) is 12.3 Å². The molecule has 1 atom stereocenters. The van der Waals surface area contributed by atoms with Crippen LogP contribution in [0.3, 0.4) is 0 Å². The Hall–Kier alpha value is -1.02. The molecule has 0 saturated carbocycles. The summed E-state index contributed by atoms with van der Waals surface area (Å²) in [7, 11) is 1.72. The molecule has 1 rings (SSSR count). The van der Waals surface area contributed by atoms with Gasteiger partial charge in [0.2, 0.25) is 0 Å². The van der Waals surface area contributed by atoms with E-state index in [4.69, 9.17) is 4.74 Å². The molecular formula is C14H23NO. The van der Waals surface area contributed by atoms with Gasteiger partial charge in [-0.25, -0.2) is 0 Å². The van der Waals surface area contributed by atoms with Crippen molar-refractivity contribution in [3.8, 4) is 5.75 Å². The number of para-hydroxylation sites is 1. The van der Waals surface area contributed by atoms with Crippen molar-refractivity contribution in [2.24, 2.45) is 5.41 Å². The first-order valence-electron chi connectivity index (χ1n) is 5.80. The molecule has 0 aliphatic heterocycles. The van der Waals surface area contributed by atoms with Crippen molar-refractivity contribution in [1.29, 1.82) is 0 Å². The highest BCUT2D eigenvalue weighted by Crippen LogP contribution is 2.25. The normalized spacial score (nSPS) is 13.6. The molecule has 0 spiro atoms. The van der Waals surface area contributed by atoms with Gasteiger partial charge in [0, 0.05) is 18.2 Å². The highest BCUT2D eigenvalue weighted by Gasteiger charge is 2.14. The molecule has 0 fully saturated rings. The second-order valence-corrected chi connectivity index (χ2v) is 5.41. The first kappa shape index (κ1) is 13.0. The van der Waals surface area contributed by atoms with Gasteiger partial charge in [-0.1, -0.05) is 39.0 Å². The fourth-order valence-corrected chi connectivity index (χ4v) is 1.59. The number of methoxy groups -OCH3 is 1. The quantitative estimate of drug-likeness (QED) is 0.841. The zero-order chi connectivity index (χ0) is 12.2. The number of ether oxygens (including phenoxy) is 1. The molecule has 1 aromatic carbocycles. The predicted octanol–water partition coefficient (Wildman–Crippen LogP) is 3.39. The predicted molar refractivity (Wildman–Crippen MR) is 68.9 cm³/mol. The molecule has 0 radical (unpaired) electrons. The maximum atomic E-state index is 5.36. The third-order valence-corrected chi connectivity index (χ3v) is 2.54. The van der Waals surface area contributed by atoms with Crippen LogP contribution >= 0.6 is 0 Å². The van der Waals surface area contributed by atoms with Gasteiger partial charge in [0.15, 0.2) is 0 Å². The third kappa shape index (κ3) is 3.86.